The Kier molecular flexibility index (Phi) is 5.87. The molecule has 1 aromatic carbocycles. The summed E-state index contributed by atoms with van der Waals surface area (Å²) in [5.41, 5.74) is 4.23. The number of rotatable bonds is 6. The van der Waals surface area contributed by atoms with Gasteiger partial charge in [-0.25, -0.2) is 0 Å². The number of nitrogens with one attached hydrogen (secondary N) is 1. The topological polar surface area (TPSA) is 50.1 Å². The number of hydrogen-bond donors (Lipinski definition) is 2. The van der Waals surface area contributed by atoms with E-state index in [1.165, 1.54) is 0 Å². The van der Waals surface area contributed by atoms with Crippen molar-refractivity contribution in [1.82, 2.24) is 15.1 Å². The van der Waals surface area contributed by atoms with Gasteiger partial charge in [0.25, 0.3) is 0 Å². The van der Waals surface area contributed by atoms with E-state index >= 15 is 0 Å². The standard InChI is InChI=1S/C16H21Cl2N3O/c1-10(14-5-4-13(17)8-16(14)18)19-9-15-11(2)20-21(6-7-22)12(15)3/h4-5,8,10,19,22H,6-7,9H2,1-3H3/t10-/m1/s1. The highest BCUT2D eigenvalue weighted by Crippen LogP contribution is 2.26. The predicted molar refractivity (Wildman–Crippen MR) is 90.5 cm³/mol. The maximum Gasteiger partial charge on any atom is 0.0644 e. The lowest BCUT2D eigenvalue weighted by Gasteiger charge is -2.16. The fourth-order valence-corrected chi connectivity index (χ4v) is 3.09. The van der Waals surface area contributed by atoms with Gasteiger partial charge in [0.1, 0.15) is 0 Å². The number of aliphatic hydroxyl groups excluding tert-OH is 1. The van der Waals surface area contributed by atoms with E-state index in [4.69, 9.17) is 28.3 Å². The number of aryl methyl sites for hydroxylation is 1. The van der Waals surface area contributed by atoms with Crippen LogP contribution in [0.15, 0.2) is 18.2 Å². The minimum Gasteiger partial charge on any atom is -0.394 e. The smallest absolute Gasteiger partial charge is 0.0644 e. The summed E-state index contributed by atoms with van der Waals surface area (Å²) in [6.45, 7) is 7.38. The fraction of sp³-hybridized carbons (Fsp3) is 0.438. The fourth-order valence-electron chi connectivity index (χ4n) is 2.52. The summed E-state index contributed by atoms with van der Waals surface area (Å²) in [6.07, 6.45) is 0. The molecule has 0 unspecified atom stereocenters. The Morgan fingerprint density at radius 2 is 2.05 bits per heavy atom. The summed E-state index contributed by atoms with van der Waals surface area (Å²) in [4.78, 5) is 0. The molecule has 1 aromatic heterocycles. The van der Waals surface area contributed by atoms with E-state index in [1.54, 1.807) is 6.07 Å². The van der Waals surface area contributed by atoms with Crippen molar-refractivity contribution in [2.24, 2.45) is 0 Å². The van der Waals surface area contributed by atoms with E-state index < -0.39 is 0 Å². The third kappa shape index (κ3) is 3.82. The number of benzene rings is 1. The molecule has 0 aliphatic heterocycles. The van der Waals surface area contributed by atoms with Crippen molar-refractivity contribution in [3.63, 3.8) is 0 Å². The second-order valence-electron chi connectivity index (χ2n) is 5.36. The molecule has 0 aliphatic carbocycles. The Bertz CT molecular complexity index is 655. The molecule has 1 atom stereocenters. The molecular weight excluding hydrogens is 321 g/mol. The molecule has 0 aliphatic rings. The predicted octanol–water partition coefficient (Wildman–Crippen LogP) is 3.65. The van der Waals surface area contributed by atoms with Crippen molar-refractivity contribution in [3.05, 3.63) is 50.8 Å². The van der Waals surface area contributed by atoms with E-state index in [-0.39, 0.29) is 12.6 Å². The second kappa shape index (κ2) is 7.47. The van der Waals surface area contributed by atoms with Crippen molar-refractivity contribution in [1.29, 1.82) is 0 Å². The highest BCUT2D eigenvalue weighted by molar-refractivity contribution is 6.35. The van der Waals surface area contributed by atoms with Crippen LogP contribution in [0.3, 0.4) is 0 Å². The molecule has 0 saturated heterocycles. The van der Waals surface area contributed by atoms with Gasteiger partial charge < -0.3 is 10.4 Å². The van der Waals surface area contributed by atoms with Gasteiger partial charge in [-0.05, 0) is 38.5 Å². The van der Waals surface area contributed by atoms with Crippen LogP contribution in [-0.2, 0) is 13.1 Å². The summed E-state index contributed by atoms with van der Waals surface area (Å²) < 4.78 is 1.84. The van der Waals surface area contributed by atoms with Crippen LogP contribution >= 0.6 is 23.2 Å². The number of halogens is 2. The summed E-state index contributed by atoms with van der Waals surface area (Å²) in [7, 11) is 0. The maximum absolute atomic E-state index is 9.06. The van der Waals surface area contributed by atoms with Crippen LogP contribution in [0.25, 0.3) is 0 Å². The summed E-state index contributed by atoms with van der Waals surface area (Å²) in [6, 6.07) is 5.64. The van der Waals surface area contributed by atoms with E-state index in [2.05, 4.69) is 17.3 Å². The average molecular weight is 342 g/mol. The molecular formula is C16H21Cl2N3O. The van der Waals surface area contributed by atoms with E-state index in [9.17, 15) is 0 Å². The van der Waals surface area contributed by atoms with Gasteiger partial charge in [0.15, 0.2) is 0 Å². The first-order valence-corrected chi connectivity index (χ1v) is 8.01. The normalized spacial score (nSPS) is 12.6. The zero-order chi connectivity index (χ0) is 16.3. The van der Waals surface area contributed by atoms with Crippen LogP contribution in [-0.4, -0.2) is 21.5 Å². The van der Waals surface area contributed by atoms with Crippen molar-refractivity contribution in [3.8, 4) is 0 Å². The van der Waals surface area contributed by atoms with Crippen molar-refractivity contribution >= 4 is 23.2 Å². The van der Waals surface area contributed by atoms with Crippen LogP contribution < -0.4 is 5.32 Å². The van der Waals surface area contributed by atoms with E-state index in [0.717, 1.165) is 22.5 Å². The van der Waals surface area contributed by atoms with Crippen molar-refractivity contribution < 1.29 is 5.11 Å². The zero-order valence-electron chi connectivity index (χ0n) is 13.0. The maximum atomic E-state index is 9.06. The number of aliphatic hydroxyl groups is 1. The second-order valence-corrected chi connectivity index (χ2v) is 6.21. The van der Waals surface area contributed by atoms with Gasteiger partial charge in [0.2, 0.25) is 0 Å². The van der Waals surface area contributed by atoms with Crippen LogP contribution in [0.5, 0.6) is 0 Å². The first-order chi connectivity index (χ1) is 10.4. The number of aromatic nitrogens is 2. The Balaban J connectivity index is 2.09. The molecule has 0 bridgehead atoms. The molecule has 22 heavy (non-hydrogen) atoms. The molecule has 0 spiro atoms. The molecule has 0 amide bonds. The van der Waals surface area contributed by atoms with Gasteiger partial charge in [-0.1, -0.05) is 29.3 Å². The summed E-state index contributed by atoms with van der Waals surface area (Å²) in [5.74, 6) is 0. The molecule has 2 aromatic rings. The molecule has 0 radical (unpaired) electrons. The Morgan fingerprint density at radius 1 is 1.32 bits per heavy atom. The van der Waals surface area contributed by atoms with Crippen LogP contribution in [0.2, 0.25) is 10.0 Å². The molecule has 1 heterocycles. The largest absolute Gasteiger partial charge is 0.394 e. The van der Waals surface area contributed by atoms with Crippen LogP contribution in [0.1, 0.15) is 35.5 Å². The molecule has 2 rings (SSSR count). The molecule has 0 saturated carbocycles. The van der Waals surface area contributed by atoms with Crippen LogP contribution in [0.4, 0.5) is 0 Å². The third-order valence-corrected chi connectivity index (χ3v) is 4.42. The van der Waals surface area contributed by atoms with Crippen molar-refractivity contribution in [2.45, 2.75) is 39.9 Å². The van der Waals surface area contributed by atoms with Gasteiger partial charge >= 0.3 is 0 Å². The average Bonchev–Trinajstić information content (AvgIpc) is 2.71. The van der Waals surface area contributed by atoms with Crippen molar-refractivity contribution in [2.75, 3.05) is 6.61 Å². The Hall–Kier alpha value is -1.07. The Morgan fingerprint density at radius 3 is 2.68 bits per heavy atom. The quantitative estimate of drug-likeness (QED) is 0.843. The van der Waals surface area contributed by atoms with Gasteiger partial charge in [0.05, 0.1) is 18.8 Å². The van der Waals surface area contributed by atoms with E-state index in [0.29, 0.717) is 23.1 Å². The van der Waals surface area contributed by atoms with E-state index in [1.807, 2.05) is 30.7 Å². The summed E-state index contributed by atoms with van der Waals surface area (Å²) in [5, 5.41) is 18.3. The highest BCUT2D eigenvalue weighted by atomic mass is 35.5. The molecule has 6 heteroatoms. The lowest BCUT2D eigenvalue weighted by atomic mass is 10.1. The van der Waals surface area contributed by atoms with Gasteiger partial charge in [0, 0.05) is 33.9 Å². The van der Waals surface area contributed by atoms with Gasteiger partial charge in [-0.3, -0.25) is 4.68 Å². The summed E-state index contributed by atoms with van der Waals surface area (Å²) >= 11 is 12.2. The molecule has 4 nitrogen and oxygen atoms in total. The van der Waals surface area contributed by atoms with Crippen LogP contribution in [0, 0.1) is 13.8 Å². The monoisotopic (exact) mass is 341 g/mol. The number of nitrogens with zero attached hydrogens (tertiary/aromatic N) is 2. The first kappa shape index (κ1) is 17.3. The third-order valence-electron chi connectivity index (χ3n) is 3.86. The minimum absolute atomic E-state index is 0.0889. The molecule has 0 fully saturated rings. The molecule has 120 valence electrons. The zero-order valence-corrected chi connectivity index (χ0v) is 14.5. The van der Waals surface area contributed by atoms with Gasteiger partial charge in [-0.2, -0.15) is 5.10 Å². The Labute approximate surface area is 141 Å². The lowest BCUT2D eigenvalue weighted by molar-refractivity contribution is 0.267. The lowest BCUT2D eigenvalue weighted by Crippen LogP contribution is -2.19. The number of hydrogen-bond acceptors (Lipinski definition) is 3. The SMILES string of the molecule is Cc1nn(CCO)c(C)c1CN[C@H](C)c1ccc(Cl)cc1Cl. The molecule has 2 N–H and O–H groups in total. The van der Waals surface area contributed by atoms with Gasteiger partial charge in [-0.15, -0.1) is 0 Å². The minimum atomic E-state index is 0.0889. The first-order valence-electron chi connectivity index (χ1n) is 7.26. The highest BCUT2D eigenvalue weighted by Gasteiger charge is 2.14.